The minimum absolute atomic E-state index is 0.289. The largest absolute Gasteiger partial charge is 0.464 e. The van der Waals surface area contributed by atoms with Crippen LogP contribution in [-0.2, 0) is 11.3 Å². The van der Waals surface area contributed by atoms with Crippen molar-refractivity contribution < 1.29 is 9.53 Å². The van der Waals surface area contributed by atoms with Gasteiger partial charge in [0.25, 0.3) is 0 Å². The summed E-state index contributed by atoms with van der Waals surface area (Å²) < 4.78 is 4.69. The van der Waals surface area contributed by atoms with Crippen LogP contribution in [0.5, 0.6) is 0 Å². The highest BCUT2D eigenvalue weighted by atomic mass is 16.5. The van der Waals surface area contributed by atoms with Crippen molar-refractivity contribution in [1.82, 2.24) is 15.2 Å². The molecule has 20 heavy (non-hydrogen) atoms. The van der Waals surface area contributed by atoms with E-state index < -0.39 is 0 Å². The molecule has 2 N–H and O–H groups in total. The van der Waals surface area contributed by atoms with Gasteiger partial charge in [-0.15, -0.1) is 0 Å². The zero-order valence-corrected chi connectivity index (χ0v) is 12.7. The molecule has 0 spiro atoms. The van der Waals surface area contributed by atoms with Crippen molar-refractivity contribution in [3.63, 3.8) is 0 Å². The Bertz CT molecular complexity index is 448. The number of hydrogen-bond acceptors (Lipinski definition) is 4. The lowest BCUT2D eigenvalue weighted by molar-refractivity contribution is 0.0594. The number of aromatic nitrogens is 1. The van der Waals surface area contributed by atoms with Crippen molar-refractivity contribution in [3.05, 3.63) is 23.5 Å². The molecule has 1 aliphatic carbocycles. The first kappa shape index (κ1) is 15.1. The van der Waals surface area contributed by atoms with E-state index in [4.69, 9.17) is 0 Å². The molecule has 0 aromatic carbocycles. The molecule has 1 fully saturated rings. The standard InChI is InChI=1S/C15H25N3O2/c1-18(2)15(8-4-5-9-15)11-16-10-12-6-7-13(17-12)14(19)20-3/h6-7,16-17H,4-5,8-11H2,1-3H3. The van der Waals surface area contributed by atoms with Gasteiger partial charge in [0.05, 0.1) is 7.11 Å². The average Bonchev–Trinajstić information content (AvgIpc) is 3.08. The van der Waals surface area contributed by atoms with Crippen LogP contribution in [0.1, 0.15) is 41.9 Å². The Hall–Kier alpha value is -1.33. The summed E-state index contributed by atoms with van der Waals surface area (Å²) in [7, 11) is 5.72. The Kier molecular flexibility index (Phi) is 4.83. The second-order valence-electron chi connectivity index (χ2n) is 5.82. The van der Waals surface area contributed by atoms with Crippen LogP contribution < -0.4 is 5.32 Å². The molecule has 112 valence electrons. The van der Waals surface area contributed by atoms with Crippen molar-refractivity contribution in [3.8, 4) is 0 Å². The lowest BCUT2D eigenvalue weighted by atomic mass is 9.96. The van der Waals surface area contributed by atoms with Gasteiger partial charge in [-0.2, -0.15) is 0 Å². The van der Waals surface area contributed by atoms with E-state index in [1.807, 2.05) is 6.07 Å². The number of esters is 1. The molecule has 1 aliphatic rings. The van der Waals surface area contributed by atoms with Gasteiger partial charge in [0, 0.05) is 24.3 Å². The fourth-order valence-electron chi connectivity index (χ4n) is 3.02. The lowest BCUT2D eigenvalue weighted by Crippen LogP contribution is -2.49. The van der Waals surface area contributed by atoms with Crippen LogP contribution in [0, 0.1) is 0 Å². The molecule has 0 radical (unpaired) electrons. The summed E-state index contributed by atoms with van der Waals surface area (Å²) in [5.41, 5.74) is 1.81. The summed E-state index contributed by atoms with van der Waals surface area (Å²) in [6.07, 6.45) is 5.14. The van der Waals surface area contributed by atoms with E-state index in [9.17, 15) is 4.79 Å². The summed E-state index contributed by atoms with van der Waals surface area (Å²) >= 11 is 0. The summed E-state index contributed by atoms with van der Waals surface area (Å²) in [6, 6.07) is 3.69. The minimum Gasteiger partial charge on any atom is -0.464 e. The van der Waals surface area contributed by atoms with Crippen LogP contribution in [0.3, 0.4) is 0 Å². The number of nitrogens with zero attached hydrogens (tertiary/aromatic N) is 1. The molecule has 5 heteroatoms. The fourth-order valence-corrected chi connectivity index (χ4v) is 3.02. The number of methoxy groups -OCH3 is 1. The van der Waals surface area contributed by atoms with Crippen molar-refractivity contribution in [2.75, 3.05) is 27.7 Å². The maximum atomic E-state index is 11.4. The quantitative estimate of drug-likeness (QED) is 0.779. The number of likely N-dealkylation sites (N-methyl/N-ethyl adjacent to an activating group) is 1. The van der Waals surface area contributed by atoms with Gasteiger partial charge >= 0.3 is 5.97 Å². The van der Waals surface area contributed by atoms with E-state index >= 15 is 0 Å². The smallest absolute Gasteiger partial charge is 0.354 e. The Morgan fingerprint density at radius 1 is 1.40 bits per heavy atom. The van der Waals surface area contributed by atoms with Gasteiger partial charge in [-0.05, 0) is 39.1 Å². The number of H-pyrrole nitrogens is 1. The molecular formula is C15H25N3O2. The zero-order chi connectivity index (χ0) is 14.6. The number of nitrogens with one attached hydrogen (secondary N) is 2. The van der Waals surface area contributed by atoms with Gasteiger partial charge < -0.3 is 19.9 Å². The van der Waals surface area contributed by atoms with Crippen LogP contribution in [0.4, 0.5) is 0 Å². The molecule has 1 aromatic heterocycles. The SMILES string of the molecule is COC(=O)c1ccc(CNCC2(N(C)C)CCCC2)[nH]1. The highest BCUT2D eigenvalue weighted by molar-refractivity contribution is 5.87. The summed E-state index contributed by atoms with van der Waals surface area (Å²) in [6.45, 7) is 1.72. The predicted octanol–water partition coefficient (Wildman–Crippen LogP) is 1.77. The van der Waals surface area contributed by atoms with Crippen LogP contribution >= 0.6 is 0 Å². The minimum atomic E-state index is -0.322. The molecule has 0 bridgehead atoms. The highest BCUT2D eigenvalue weighted by Crippen LogP contribution is 2.33. The normalized spacial score (nSPS) is 17.6. The van der Waals surface area contributed by atoms with E-state index in [0.29, 0.717) is 5.69 Å². The second-order valence-corrected chi connectivity index (χ2v) is 5.82. The Morgan fingerprint density at radius 3 is 2.70 bits per heavy atom. The third-order valence-corrected chi connectivity index (χ3v) is 4.40. The number of carbonyl (C=O) groups is 1. The first-order valence-corrected chi connectivity index (χ1v) is 7.22. The lowest BCUT2D eigenvalue weighted by Gasteiger charge is -2.36. The molecule has 5 nitrogen and oxygen atoms in total. The third-order valence-electron chi connectivity index (χ3n) is 4.40. The van der Waals surface area contributed by atoms with Gasteiger partial charge in [0.15, 0.2) is 0 Å². The van der Waals surface area contributed by atoms with Crippen molar-refractivity contribution >= 4 is 5.97 Å². The summed E-state index contributed by atoms with van der Waals surface area (Å²) in [4.78, 5) is 16.8. The molecule has 2 rings (SSSR count). The van der Waals surface area contributed by atoms with Crippen LogP contribution in [0.15, 0.2) is 12.1 Å². The predicted molar refractivity (Wildman–Crippen MR) is 78.7 cm³/mol. The molecule has 0 unspecified atom stereocenters. The van der Waals surface area contributed by atoms with Crippen LogP contribution in [0.2, 0.25) is 0 Å². The average molecular weight is 279 g/mol. The van der Waals surface area contributed by atoms with Crippen LogP contribution in [-0.4, -0.2) is 49.1 Å². The van der Waals surface area contributed by atoms with Gasteiger partial charge in [0.1, 0.15) is 5.69 Å². The molecular weight excluding hydrogens is 254 g/mol. The van der Waals surface area contributed by atoms with Crippen LogP contribution in [0.25, 0.3) is 0 Å². The number of ether oxygens (including phenoxy) is 1. The van der Waals surface area contributed by atoms with E-state index in [1.54, 1.807) is 6.07 Å². The second kappa shape index (κ2) is 6.41. The van der Waals surface area contributed by atoms with E-state index in [0.717, 1.165) is 18.8 Å². The maximum absolute atomic E-state index is 11.4. The topological polar surface area (TPSA) is 57.4 Å². The third kappa shape index (κ3) is 3.22. The van der Waals surface area contributed by atoms with Gasteiger partial charge in [-0.1, -0.05) is 12.8 Å². The zero-order valence-electron chi connectivity index (χ0n) is 12.7. The van der Waals surface area contributed by atoms with Crippen molar-refractivity contribution in [2.24, 2.45) is 0 Å². The number of rotatable bonds is 6. The number of hydrogen-bond donors (Lipinski definition) is 2. The maximum Gasteiger partial charge on any atom is 0.354 e. The number of carbonyl (C=O) groups excluding carboxylic acids is 1. The molecule has 0 atom stereocenters. The fraction of sp³-hybridized carbons (Fsp3) is 0.667. The van der Waals surface area contributed by atoms with E-state index in [-0.39, 0.29) is 11.5 Å². The van der Waals surface area contributed by atoms with E-state index in [1.165, 1.54) is 32.8 Å². The Balaban J connectivity index is 1.86. The summed E-state index contributed by atoms with van der Waals surface area (Å²) in [5, 5.41) is 3.51. The molecule has 0 amide bonds. The van der Waals surface area contributed by atoms with Gasteiger partial charge in [0.2, 0.25) is 0 Å². The molecule has 0 saturated heterocycles. The van der Waals surface area contributed by atoms with E-state index in [2.05, 4.69) is 34.0 Å². The van der Waals surface area contributed by atoms with Gasteiger partial charge in [-0.25, -0.2) is 4.79 Å². The van der Waals surface area contributed by atoms with Crippen molar-refractivity contribution in [1.29, 1.82) is 0 Å². The first-order valence-electron chi connectivity index (χ1n) is 7.22. The summed E-state index contributed by atoms with van der Waals surface area (Å²) in [5.74, 6) is -0.322. The monoisotopic (exact) mass is 279 g/mol. The molecule has 1 heterocycles. The molecule has 0 aliphatic heterocycles. The first-order chi connectivity index (χ1) is 9.57. The highest BCUT2D eigenvalue weighted by Gasteiger charge is 2.35. The molecule has 1 saturated carbocycles. The Labute approximate surface area is 120 Å². The van der Waals surface area contributed by atoms with Gasteiger partial charge in [-0.3, -0.25) is 0 Å². The number of aromatic amines is 1. The van der Waals surface area contributed by atoms with Crippen molar-refractivity contribution in [2.45, 2.75) is 37.8 Å². The Morgan fingerprint density at radius 2 is 2.10 bits per heavy atom. The molecule has 1 aromatic rings.